The molecule has 0 aliphatic carbocycles. The molecule has 0 bridgehead atoms. The van der Waals surface area contributed by atoms with Crippen LogP contribution in [0.2, 0.25) is 0 Å². The molecule has 0 aliphatic rings. The van der Waals surface area contributed by atoms with Gasteiger partial charge in [-0.15, -0.1) is 0 Å². The van der Waals surface area contributed by atoms with Gasteiger partial charge in [-0.05, 0) is 24.3 Å². The third-order valence-corrected chi connectivity index (χ3v) is 3.97. The van der Waals surface area contributed by atoms with E-state index in [1.807, 2.05) is 35.0 Å². The zero-order chi connectivity index (χ0) is 16.2. The van der Waals surface area contributed by atoms with Crippen molar-refractivity contribution < 1.29 is 4.74 Å². The zero-order valence-electron chi connectivity index (χ0n) is 12.4. The van der Waals surface area contributed by atoms with Gasteiger partial charge in [0.05, 0.1) is 12.9 Å². The van der Waals surface area contributed by atoms with Gasteiger partial charge < -0.3 is 16.2 Å². The number of anilines is 2. The minimum absolute atomic E-state index is 0.117. The van der Waals surface area contributed by atoms with Crippen LogP contribution < -0.4 is 16.2 Å². The number of ether oxygens (including phenoxy) is 1. The van der Waals surface area contributed by atoms with Gasteiger partial charge in [0.2, 0.25) is 11.9 Å². The molecule has 8 nitrogen and oxygen atoms in total. The maximum atomic E-state index is 5.57. The number of nitrogens with two attached hydrogens (primary N) is 2. The highest BCUT2D eigenvalue weighted by molar-refractivity contribution is 7.98. The van der Waals surface area contributed by atoms with Crippen LogP contribution in [0.15, 0.2) is 41.8 Å². The maximum absolute atomic E-state index is 5.57. The highest BCUT2D eigenvalue weighted by Gasteiger charge is 2.09. The summed E-state index contributed by atoms with van der Waals surface area (Å²) in [7, 11) is 1.64. The Balaban J connectivity index is 1.77. The minimum Gasteiger partial charge on any atom is -0.497 e. The third-order valence-electron chi connectivity index (χ3n) is 3.00. The van der Waals surface area contributed by atoms with Crippen molar-refractivity contribution in [1.29, 1.82) is 0 Å². The van der Waals surface area contributed by atoms with Gasteiger partial charge in [-0.25, -0.2) is 4.98 Å². The van der Waals surface area contributed by atoms with E-state index in [1.54, 1.807) is 13.3 Å². The van der Waals surface area contributed by atoms with Gasteiger partial charge in [0.25, 0.3) is 0 Å². The van der Waals surface area contributed by atoms with Crippen LogP contribution in [0.25, 0.3) is 5.69 Å². The molecule has 0 radical (unpaired) electrons. The van der Waals surface area contributed by atoms with Gasteiger partial charge in [0, 0.05) is 18.1 Å². The Morgan fingerprint density at radius 2 is 1.78 bits per heavy atom. The molecule has 0 spiro atoms. The number of hydrogen-bond donors (Lipinski definition) is 2. The molecule has 23 heavy (non-hydrogen) atoms. The molecule has 0 fully saturated rings. The summed E-state index contributed by atoms with van der Waals surface area (Å²) in [6, 6.07) is 7.72. The standard InChI is InChI=1S/C14H15N7OS/c1-22-10-4-2-9(3-5-10)21-7-6-17-14(21)23-8-11-18-12(15)20-13(16)19-11/h2-7H,8H2,1H3,(H4,15,16,18,19,20). The lowest BCUT2D eigenvalue weighted by Crippen LogP contribution is -2.06. The first kappa shape index (κ1) is 15.1. The Hall–Kier alpha value is -2.81. The van der Waals surface area contributed by atoms with Crippen molar-refractivity contribution in [2.45, 2.75) is 10.9 Å². The van der Waals surface area contributed by atoms with Crippen LogP contribution in [0.4, 0.5) is 11.9 Å². The van der Waals surface area contributed by atoms with Crippen molar-refractivity contribution in [1.82, 2.24) is 24.5 Å². The molecule has 0 aliphatic heterocycles. The van der Waals surface area contributed by atoms with E-state index >= 15 is 0 Å². The van der Waals surface area contributed by atoms with E-state index in [2.05, 4.69) is 19.9 Å². The van der Waals surface area contributed by atoms with Gasteiger partial charge in [-0.3, -0.25) is 4.57 Å². The number of imidazole rings is 1. The molecule has 4 N–H and O–H groups in total. The van der Waals surface area contributed by atoms with Crippen molar-refractivity contribution in [2.75, 3.05) is 18.6 Å². The largest absolute Gasteiger partial charge is 0.497 e. The SMILES string of the molecule is COc1ccc(-n2ccnc2SCc2nc(N)nc(N)n2)cc1. The predicted molar refractivity (Wildman–Crippen MR) is 88.3 cm³/mol. The molecule has 9 heteroatoms. The normalized spacial score (nSPS) is 10.7. The third kappa shape index (κ3) is 3.51. The van der Waals surface area contributed by atoms with Crippen LogP contribution in [-0.4, -0.2) is 31.6 Å². The van der Waals surface area contributed by atoms with Crippen molar-refractivity contribution in [3.63, 3.8) is 0 Å². The molecule has 1 aromatic carbocycles. The Morgan fingerprint density at radius 1 is 1.09 bits per heavy atom. The molecule has 3 aromatic rings. The average Bonchev–Trinajstić information content (AvgIpc) is 3.00. The molecule has 0 unspecified atom stereocenters. The zero-order valence-corrected chi connectivity index (χ0v) is 13.2. The first-order valence-electron chi connectivity index (χ1n) is 6.72. The van der Waals surface area contributed by atoms with Gasteiger partial charge >= 0.3 is 0 Å². The van der Waals surface area contributed by atoms with E-state index in [0.717, 1.165) is 16.6 Å². The molecule has 2 heterocycles. The van der Waals surface area contributed by atoms with Crippen LogP contribution in [0.5, 0.6) is 5.75 Å². The molecular weight excluding hydrogens is 314 g/mol. The highest BCUT2D eigenvalue weighted by Crippen LogP contribution is 2.24. The quantitative estimate of drug-likeness (QED) is 0.676. The highest BCUT2D eigenvalue weighted by atomic mass is 32.2. The van der Waals surface area contributed by atoms with Gasteiger partial charge in [0.15, 0.2) is 5.16 Å². The molecule has 3 rings (SSSR count). The summed E-state index contributed by atoms with van der Waals surface area (Å²) >= 11 is 1.49. The Kier molecular flexibility index (Phi) is 4.29. The van der Waals surface area contributed by atoms with Gasteiger partial charge in [0.1, 0.15) is 11.6 Å². The Morgan fingerprint density at radius 3 is 2.43 bits per heavy atom. The summed E-state index contributed by atoms with van der Waals surface area (Å²) in [6.45, 7) is 0. The molecule has 2 aromatic heterocycles. The molecule has 0 saturated heterocycles. The fourth-order valence-electron chi connectivity index (χ4n) is 1.99. The van der Waals surface area contributed by atoms with Crippen LogP contribution >= 0.6 is 11.8 Å². The number of benzene rings is 1. The number of rotatable bonds is 5. The number of thioether (sulfide) groups is 1. The predicted octanol–water partition coefficient (Wildman–Crippen LogP) is 1.52. The summed E-state index contributed by atoms with van der Waals surface area (Å²) < 4.78 is 7.14. The second kappa shape index (κ2) is 6.53. The molecule has 0 amide bonds. The van der Waals surface area contributed by atoms with Crippen LogP contribution in [0.1, 0.15) is 5.82 Å². The van der Waals surface area contributed by atoms with Gasteiger partial charge in [-0.1, -0.05) is 11.8 Å². The van der Waals surface area contributed by atoms with E-state index in [4.69, 9.17) is 16.2 Å². The number of hydrogen-bond acceptors (Lipinski definition) is 8. The van der Waals surface area contributed by atoms with E-state index in [0.29, 0.717) is 11.6 Å². The topological polar surface area (TPSA) is 118 Å². The van der Waals surface area contributed by atoms with Crippen molar-refractivity contribution in [3.05, 3.63) is 42.5 Å². The van der Waals surface area contributed by atoms with E-state index < -0.39 is 0 Å². The van der Waals surface area contributed by atoms with E-state index in [1.165, 1.54) is 11.8 Å². The second-order valence-corrected chi connectivity index (χ2v) is 5.48. The monoisotopic (exact) mass is 329 g/mol. The van der Waals surface area contributed by atoms with Crippen LogP contribution in [0.3, 0.4) is 0 Å². The average molecular weight is 329 g/mol. The van der Waals surface area contributed by atoms with Gasteiger partial charge in [-0.2, -0.15) is 15.0 Å². The smallest absolute Gasteiger partial charge is 0.225 e. The number of methoxy groups -OCH3 is 1. The van der Waals surface area contributed by atoms with Crippen molar-refractivity contribution in [3.8, 4) is 11.4 Å². The molecule has 0 atom stereocenters. The van der Waals surface area contributed by atoms with Crippen LogP contribution in [0, 0.1) is 0 Å². The van der Waals surface area contributed by atoms with E-state index in [-0.39, 0.29) is 11.9 Å². The number of nitrogen functional groups attached to an aromatic ring is 2. The Bertz CT molecular complexity index is 783. The lowest BCUT2D eigenvalue weighted by molar-refractivity contribution is 0.414. The fourth-order valence-corrected chi connectivity index (χ4v) is 2.81. The second-order valence-electron chi connectivity index (χ2n) is 4.53. The number of aromatic nitrogens is 5. The number of nitrogens with zero attached hydrogens (tertiary/aromatic N) is 5. The van der Waals surface area contributed by atoms with Crippen molar-refractivity contribution >= 4 is 23.7 Å². The minimum atomic E-state index is 0.117. The summed E-state index contributed by atoms with van der Waals surface area (Å²) in [5, 5.41) is 0.813. The van der Waals surface area contributed by atoms with Crippen molar-refractivity contribution in [2.24, 2.45) is 0 Å². The molecule has 0 saturated carbocycles. The summed E-state index contributed by atoms with van der Waals surface area (Å²) in [5.74, 6) is 2.05. The van der Waals surface area contributed by atoms with E-state index in [9.17, 15) is 0 Å². The molecular formula is C14H15N7OS. The Labute approximate surface area is 136 Å². The molecule has 118 valence electrons. The summed E-state index contributed by atoms with van der Waals surface area (Å²) in [5.41, 5.74) is 12.1. The first-order chi connectivity index (χ1) is 11.2. The van der Waals surface area contributed by atoms with Crippen LogP contribution in [-0.2, 0) is 5.75 Å². The fraction of sp³-hybridized carbons (Fsp3) is 0.143. The first-order valence-corrected chi connectivity index (χ1v) is 7.71. The summed E-state index contributed by atoms with van der Waals surface area (Å²) in [4.78, 5) is 16.2. The lowest BCUT2D eigenvalue weighted by Gasteiger charge is -2.08. The maximum Gasteiger partial charge on any atom is 0.225 e. The summed E-state index contributed by atoms with van der Waals surface area (Å²) in [6.07, 6.45) is 3.63. The lowest BCUT2D eigenvalue weighted by atomic mass is 10.3.